The molecule has 0 aliphatic rings. The molecule has 0 unspecified atom stereocenters. The maximum absolute atomic E-state index is 11.8. The molecule has 26 heavy (non-hydrogen) atoms. The Morgan fingerprint density at radius 2 is 2.00 bits per heavy atom. The van der Waals surface area contributed by atoms with Crippen LogP contribution in [0.5, 0.6) is 0 Å². The van der Waals surface area contributed by atoms with Gasteiger partial charge in [-0.1, -0.05) is 55.0 Å². The molecule has 3 aromatic rings. The predicted molar refractivity (Wildman–Crippen MR) is 106 cm³/mol. The molecule has 1 aromatic carbocycles. The van der Waals surface area contributed by atoms with Crippen LogP contribution in [0.4, 0.5) is 9.93 Å². The fraction of sp³-hybridized carbons (Fsp3) is 0.211. The number of benzene rings is 1. The van der Waals surface area contributed by atoms with Crippen LogP contribution in [0.25, 0.3) is 21.6 Å². The molecule has 0 atom stereocenters. The summed E-state index contributed by atoms with van der Waals surface area (Å²) in [5.74, 6) is 0.280. The summed E-state index contributed by atoms with van der Waals surface area (Å²) in [6.45, 7) is 4.33. The van der Waals surface area contributed by atoms with Crippen LogP contribution in [0.2, 0.25) is 5.02 Å². The first-order valence-corrected chi connectivity index (χ1v) is 9.33. The lowest BCUT2D eigenvalue weighted by molar-refractivity contribution is 0.147. The molecule has 2 aromatic heterocycles. The smallest absolute Gasteiger partial charge is 0.413 e. The molecule has 3 rings (SSSR count). The van der Waals surface area contributed by atoms with E-state index in [-0.39, 0.29) is 5.92 Å². The predicted octanol–water partition coefficient (Wildman–Crippen LogP) is 5.73. The standard InChI is InChI=1S/C19H18ClN3O2S/c1-12(2)11-25-19(24)23-18-22-10-17(26-18)14-7-8-21-9-15(14)13-5-3-4-6-16(13)20/h3-10,12H,11H2,1-2H3,(H,22,23,24). The van der Waals surface area contributed by atoms with Crippen LogP contribution in [-0.4, -0.2) is 22.7 Å². The molecule has 0 bridgehead atoms. The molecule has 0 radical (unpaired) electrons. The Labute approximate surface area is 161 Å². The van der Waals surface area contributed by atoms with Crippen molar-refractivity contribution < 1.29 is 9.53 Å². The molecule has 1 amide bonds. The van der Waals surface area contributed by atoms with Crippen molar-refractivity contribution in [3.05, 3.63) is 53.9 Å². The van der Waals surface area contributed by atoms with Crippen LogP contribution in [0, 0.1) is 5.92 Å². The maximum Gasteiger partial charge on any atom is 0.413 e. The van der Waals surface area contributed by atoms with Crippen LogP contribution in [0.1, 0.15) is 13.8 Å². The van der Waals surface area contributed by atoms with Gasteiger partial charge < -0.3 is 4.74 Å². The number of carbonyl (C=O) groups excluding carboxylic acids is 1. The van der Waals surface area contributed by atoms with Gasteiger partial charge in [0.2, 0.25) is 0 Å². The second kappa shape index (κ2) is 8.29. The van der Waals surface area contributed by atoms with Gasteiger partial charge >= 0.3 is 6.09 Å². The molecule has 2 heterocycles. The van der Waals surface area contributed by atoms with Crippen LogP contribution >= 0.6 is 22.9 Å². The summed E-state index contributed by atoms with van der Waals surface area (Å²) in [4.78, 5) is 21.2. The molecule has 5 nitrogen and oxygen atoms in total. The van der Waals surface area contributed by atoms with Crippen molar-refractivity contribution >= 4 is 34.2 Å². The van der Waals surface area contributed by atoms with Crippen molar-refractivity contribution in [3.63, 3.8) is 0 Å². The number of anilines is 1. The van der Waals surface area contributed by atoms with Gasteiger partial charge in [-0.15, -0.1) is 0 Å². The minimum atomic E-state index is -0.499. The number of ether oxygens (including phenoxy) is 1. The third-order valence-electron chi connectivity index (χ3n) is 3.51. The topological polar surface area (TPSA) is 64.1 Å². The highest BCUT2D eigenvalue weighted by atomic mass is 35.5. The van der Waals surface area contributed by atoms with Gasteiger partial charge in [-0.2, -0.15) is 0 Å². The Morgan fingerprint density at radius 3 is 2.77 bits per heavy atom. The van der Waals surface area contributed by atoms with Gasteiger partial charge in [-0.05, 0) is 18.1 Å². The van der Waals surface area contributed by atoms with Crippen molar-refractivity contribution in [2.45, 2.75) is 13.8 Å². The number of carbonyl (C=O) groups is 1. The number of hydrogen-bond acceptors (Lipinski definition) is 5. The van der Waals surface area contributed by atoms with Gasteiger partial charge in [0.25, 0.3) is 0 Å². The Hall–Kier alpha value is -2.44. The fourth-order valence-electron chi connectivity index (χ4n) is 2.33. The van der Waals surface area contributed by atoms with Crippen molar-refractivity contribution in [2.75, 3.05) is 11.9 Å². The first-order chi connectivity index (χ1) is 12.5. The summed E-state index contributed by atoms with van der Waals surface area (Å²) in [7, 11) is 0. The van der Waals surface area contributed by atoms with E-state index in [1.807, 2.05) is 44.2 Å². The van der Waals surface area contributed by atoms with Crippen LogP contribution in [-0.2, 0) is 4.74 Å². The highest BCUT2D eigenvalue weighted by Crippen LogP contribution is 2.38. The van der Waals surface area contributed by atoms with Gasteiger partial charge in [0.05, 0.1) is 11.5 Å². The Bertz CT molecular complexity index is 911. The summed E-state index contributed by atoms with van der Waals surface area (Å²) in [5, 5.41) is 3.80. The highest BCUT2D eigenvalue weighted by Gasteiger charge is 2.14. The summed E-state index contributed by atoms with van der Waals surface area (Å²) >= 11 is 7.71. The van der Waals surface area contributed by atoms with Crippen molar-refractivity contribution in [2.24, 2.45) is 5.92 Å². The van der Waals surface area contributed by atoms with E-state index in [2.05, 4.69) is 15.3 Å². The number of hydrogen-bond donors (Lipinski definition) is 1. The quantitative estimate of drug-likeness (QED) is 0.607. The lowest BCUT2D eigenvalue weighted by atomic mass is 10.0. The Balaban J connectivity index is 1.84. The average Bonchev–Trinajstić information content (AvgIpc) is 3.09. The second-order valence-electron chi connectivity index (χ2n) is 6.05. The normalized spacial score (nSPS) is 10.8. The van der Waals surface area contributed by atoms with Crippen LogP contribution in [0.3, 0.4) is 0 Å². The van der Waals surface area contributed by atoms with Crippen molar-refractivity contribution in [1.29, 1.82) is 0 Å². The summed E-state index contributed by atoms with van der Waals surface area (Å²) < 4.78 is 5.12. The number of nitrogens with zero attached hydrogens (tertiary/aromatic N) is 2. The molecule has 0 aliphatic carbocycles. The van der Waals surface area contributed by atoms with E-state index >= 15 is 0 Å². The van der Waals surface area contributed by atoms with E-state index in [1.54, 1.807) is 18.6 Å². The molecule has 0 spiro atoms. The summed E-state index contributed by atoms with van der Waals surface area (Å²) in [5.41, 5.74) is 2.77. The van der Waals surface area contributed by atoms with Gasteiger partial charge in [0, 0.05) is 40.3 Å². The zero-order chi connectivity index (χ0) is 18.5. The number of aromatic nitrogens is 2. The van der Waals surface area contributed by atoms with Crippen molar-refractivity contribution in [3.8, 4) is 21.6 Å². The second-order valence-corrected chi connectivity index (χ2v) is 7.49. The van der Waals surface area contributed by atoms with Gasteiger partial charge in [-0.25, -0.2) is 9.78 Å². The van der Waals surface area contributed by atoms with E-state index in [0.717, 1.165) is 21.6 Å². The third kappa shape index (κ3) is 4.39. The minimum Gasteiger partial charge on any atom is -0.449 e. The largest absolute Gasteiger partial charge is 0.449 e. The molecule has 134 valence electrons. The molecular weight excluding hydrogens is 370 g/mol. The minimum absolute atomic E-state index is 0.280. The van der Waals surface area contributed by atoms with Crippen molar-refractivity contribution in [1.82, 2.24) is 9.97 Å². The molecule has 1 N–H and O–H groups in total. The number of thiazole rings is 1. The SMILES string of the molecule is CC(C)COC(=O)Nc1ncc(-c2ccncc2-c2ccccc2Cl)s1. The first-order valence-electron chi connectivity index (χ1n) is 8.13. The molecular formula is C19H18ClN3O2S. The summed E-state index contributed by atoms with van der Waals surface area (Å²) in [6, 6.07) is 9.53. The summed E-state index contributed by atoms with van der Waals surface area (Å²) in [6.07, 6.45) is 4.72. The number of rotatable bonds is 5. The number of pyridine rings is 1. The number of amides is 1. The van der Waals surface area contributed by atoms with E-state index in [4.69, 9.17) is 16.3 Å². The van der Waals surface area contributed by atoms with E-state index < -0.39 is 6.09 Å². The van der Waals surface area contributed by atoms with Gasteiger partial charge in [0.1, 0.15) is 0 Å². The molecule has 7 heteroatoms. The monoisotopic (exact) mass is 387 g/mol. The zero-order valence-corrected chi connectivity index (χ0v) is 16.0. The van der Waals surface area contributed by atoms with E-state index in [9.17, 15) is 4.79 Å². The number of halogens is 1. The highest BCUT2D eigenvalue weighted by molar-refractivity contribution is 7.19. The third-order valence-corrected chi connectivity index (χ3v) is 4.79. The zero-order valence-electron chi connectivity index (χ0n) is 14.4. The average molecular weight is 388 g/mol. The van der Waals surface area contributed by atoms with E-state index in [1.165, 1.54) is 11.3 Å². The van der Waals surface area contributed by atoms with Gasteiger partial charge in [-0.3, -0.25) is 10.3 Å². The Morgan fingerprint density at radius 1 is 1.19 bits per heavy atom. The molecule has 0 fully saturated rings. The molecule has 0 aliphatic heterocycles. The fourth-order valence-corrected chi connectivity index (χ4v) is 3.40. The maximum atomic E-state index is 11.8. The van der Waals surface area contributed by atoms with Gasteiger partial charge in [0.15, 0.2) is 5.13 Å². The number of nitrogens with one attached hydrogen (secondary N) is 1. The lowest BCUT2D eigenvalue weighted by Gasteiger charge is -2.09. The first kappa shape index (κ1) is 18.4. The van der Waals surface area contributed by atoms with Crippen LogP contribution in [0.15, 0.2) is 48.9 Å². The van der Waals surface area contributed by atoms with E-state index in [0.29, 0.717) is 16.8 Å². The lowest BCUT2D eigenvalue weighted by Crippen LogP contribution is -2.16. The molecule has 0 saturated heterocycles. The molecule has 0 saturated carbocycles. The Kier molecular flexibility index (Phi) is 5.85. The van der Waals surface area contributed by atoms with Crippen LogP contribution < -0.4 is 5.32 Å².